The fourth-order valence-electron chi connectivity index (χ4n) is 4.60. The Kier molecular flexibility index (Phi) is 7.97. The molecule has 4 aromatic rings. The molecule has 0 amide bonds. The lowest BCUT2D eigenvalue weighted by Crippen LogP contribution is -2.37. The minimum atomic E-state index is -3.94. The van der Waals surface area contributed by atoms with E-state index in [4.69, 9.17) is 19.3 Å². The summed E-state index contributed by atoms with van der Waals surface area (Å²) in [7, 11) is -0.677. The average molecular weight is 552 g/mol. The lowest BCUT2D eigenvalue weighted by atomic mass is 10.1. The minimum Gasteiger partial charge on any atom is -0.497 e. The zero-order valence-corrected chi connectivity index (χ0v) is 22.6. The maximum absolute atomic E-state index is 14.0. The number of hydrogen-bond donors (Lipinski definition) is 0. The summed E-state index contributed by atoms with van der Waals surface area (Å²) in [6, 6.07) is 21.5. The van der Waals surface area contributed by atoms with Gasteiger partial charge in [0.1, 0.15) is 23.0 Å². The van der Waals surface area contributed by atoms with Crippen LogP contribution in [-0.4, -0.2) is 48.9 Å². The molecule has 1 aliphatic rings. The van der Waals surface area contributed by atoms with E-state index in [0.717, 1.165) is 18.4 Å². The van der Waals surface area contributed by atoms with Crippen molar-refractivity contribution in [2.45, 2.75) is 30.4 Å². The molecule has 0 spiro atoms. The summed E-state index contributed by atoms with van der Waals surface area (Å²) in [6.07, 6.45) is 1.42. The lowest BCUT2D eigenvalue weighted by molar-refractivity contribution is 0.0925. The molecule has 1 atom stereocenters. The Hall–Kier alpha value is -3.73. The largest absolute Gasteiger partial charge is 0.497 e. The number of aryl methyl sites for hydroxylation is 1. The van der Waals surface area contributed by atoms with Gasteiger partial charge in [0.2, 0.25) is 15.9 Å². The van der Waals surface area contributed by atoms with Crippen LogP contribution in [-0.2, 0) is 28.4 Å². The second-order valence-electron chi connectivity index (χ2n) is 9.29. The van der Waals surface area contributed by atoms with Crippen molar-refractivity contribution < 1.29 is 27.0 Å². The van der Waals surface area contributed by atoms with Crippen LogP contribution in [0.2, 0.25) is 0 Å². The topological polar surface area (TPSA) is 82.9 Å². The van der Waals surface area contributed by atoms with E-state index in [-0.39, 0.29) is 29.9 Å². The Morgan fingerprint density at radius 2 is 1.72 bits per heavy atom. The van der Waals surface area contributed by atoms with Gasteiger partial charge in [-0.1, -0.05) is 30.3 Å². The summed E-state index contributed by atoms with van der Waals surface area (Å²) in [4.78, 5) is 0.146. The van der Waals surface area contributed by atoms with Gasteiger partial charge < -0.3 is 14.2 Å². The normalized spacial score (nSPS) is 15.5. The van der Waals surface area contributed by atoms with Crippen LogP contribution in [0.5, 0.6) is 17.4 Å². The molecule has 1 saturated heterocycles. The van der Waals surface area contributed by atoms with Crippen LogP contribution in [0.3, 0.4) is 0 Å². The number of hydrogen-bond acceptors (Lipinski definition) is 6. The molecule has 1 aromatic heterocycles. The van der Waals surface area contributed by atoms with E-state index in [1.165, 1.54) is 47.8 Å². The number of halogens is 1. The van der Waals surface area contributed by atoms with Crippen molar-refractivity contribution in [1.82, 2.24) is 14.1 Å². The van der Waals surface area contributed by atoms with Gasteiger partial charge in [0.15, 0.2) is 0 Å². The fraction of sp³-hybridized carbons (Fsp3) is 0.276. The Labute approximate surface area is 227 Å². The quantitative estimate of drug-likeness (QED) is 0.263. The van der Waals surface area contributed by atoms with Crippen LogP contribution >= 0.6 is 0 Å². The molecule has 10 heteroatoms. The molecule has 5 rings (SSSR count). The number of benzene rings is 3. The summed E-state index contributed by atoms with van der Waals surface area (Å²) in [5, 5.41) is 4.71. The van der Waals surface area contributed by atoms with Crippen LogP contribution < -0.4 is 9.47 Å². The van der Waals surface area contributed by atoms with Crippen LogP contribution in [0.4, 0.5) is 4.39 Å². The second kappa shape index (κ2) is 11.6. The van der Waals surface area contributed by atoms with E-state index in [1.54, 1.807) is 23.9 Å². The van der Waals surface area contributed by atoms with Crippen molar-refractivity contribution >= 4 is 10.0 Å². The van der Waals surface area contributed by atoms with Crippen molar-refractivity contribution in [3.8, 4) is 28.6 Å². The fourth-order valence-corrected chi connectivity index (χ4v) is 6.04. The van der Waals surface area contributed by atoms with Gasteiger partial charge in [-0.05, 0) is 61.4 Å². The van der Waals surface area contributed by atoms with Gasteiger partial charge in [0, 0.05) is 32.3 Å². The highest BCUT2D eigenvalue weighted by atomic mass is 32.2. The van der Waals surface area contributed by atoms with E-state index in [9.17, 15) is 12.8 Å². The van der Waals surface area contributed by atoms with Crippen molar-refractivity contribution in [3.63, 3.8) is 0 Å². The number of nitrogens with zero attached hydrogens (tertiary/aromatic N) is 3. The number of ether oxygens (including phenoxy) is 3. The smallest absolute Gasteiger partial charge is 0.243 e. The van der Waals surface area contributed by atoms with E-state index >= 15 is 0 Å². The maximum Gasteiger partial charge on any atom is 0.243 e. The van der Waals surface area contributed by atoms with Crippen molar-refractivity contribution in [1.29, 1.82) is 0 Å². The SMILES string of the molecule is COc1ccc(S(=O)(=O)N(Cc2c(-c3ccccc3)nn(C)c2Oc2ccc(F)cc2)CC2CCCO2)cc1. The molecule has 3 aromatic carbocycles. The maximum atomic E-state index is 14.0. The molecule has 0 N–H and O–H groups in total. The van der Waals surface area contributed by atoms with Gasteiger partial charge in [-0.2, -0.15) is 9.40 Å². The third kappa shape index (κ3) is 5.98. The van der Waals surface area contributed by atoms with Gasteiger partial charge in [0.05, 0.1) is 23.7 Å². The molecule has 0 radical (unpaired) electrons. The first kappa shape index (κ1) is 26.9. The van der Waals surface area contributed by atoms with Gasteiger partial charge in [-0.15, -0.1) is 0 Å². The molecule has 2 heterocycles. The molecule has 204 valence electrons. The van der Waals surface area contributed by atoms with E-state index < -0.39 is 10.0 Å². The molecule has 1 aliphatic heterocycles. The van der Waals surface area contributed by atoms with E-state index in [1.807, 2.05) is 30.3 Å². The molecular weight excluding hydrogens is 521 g/mol. The van der Waals surface area contributed by atoms with Crippen LogP contribution in [0.25, 0.3) is 11.3 Å². The first-order chi connectivity index (χ1) is 18.8. The van der Waals surface area contributed by atoms with Crippen LogP contribution in [0.15, 0.2) is 83.8 Å². The molecular formula is C29H30FN3O5S. The number of aromatic nitrogens is 2. The molecule has 0 saturated carbocycles. The molecule has 39 heavy (non-hydrogen) atoms. The van der Waals surface area contributed by atoms with Crippen molar-refractivity contribution in [2.24, 2.45) is 7.05 Å². The Morgan fingerprint density at radius 3 is 2.36 bits per heavy atom. The minimum absolute atomic E-state index is 0.0111. The molecule has 1 fully saturated rings. The number of methoxy groups -OCH3 is 1. The zero-order chi connectivity index (χ0) is 27.4. The lowest BCUT2D eigenvalue weighted by Gasteiger charge is -2.25. The number of sulfonamides is 1. The summed E-state index contributed by atoms with van der Waals surface area (Å²) in [5.74, 6) is 0.950. The highest BCUT2D eigenvalue weighted by molar-refractivity contribution is 7.89. The first-order valence-corrected chi connectivity index (χ1v) is 14.1. The Bertz CT molecular complexity index is 1500. The van der Waals surface area contributed by atoms with Crippen LogP contribution in [0, 0.1) is 5.82 Å². The summed E-state index contributed by atoms with van der Waals surface area (Å²) in [5.41, 5.74) is 2.00. The molecule has 0 aliphatic carbocycles. The molecule has 8 nitrogen and oxygen atoms in total. The molecule has 0 bridgehead atoms. The second-order valence-corrected chi connectivity index (χ2v) is 11.2. The van der Waals surface area contributed by atoms with Crippen LogP contribution in [0.1, 0.15) is 18.4 Å². The predicted molar refractivity (Wildman–Crippen MR) is 145 cm³/mol. The predicted octanol–water partition coefficient (Wildman–Crippen LogP) is 5.40. The van der Waals surface area contributed by atoms with Gasteiger partial charge in [-0.25, -0.2) is 17.5 Å². The zero-order valence-electron chi connectivity index (χ0n) is 21.8. The van der Waals surface area contributed by atoms with Gasteiger partial charge >= 0.3 is 0 Å². The summed E-state index contributed by atoms with van der Waals surface area (Å²) >= 11 is 0. The summed E-state index contributed by atoms with van der Waals surface area (Å²) < 4.78 is 61.8. The Morgan fingerprint density at radius 1 is 1.03 bits per heavy atom. The number of rotatable bonds is 10. The Balaban J connectivity index is 1.59. The third-order valence-electron chi connectivity index (χ3n) is 6.63. The molecule has 1 unspecified atom stereocenters. The van der Waals surface area contributed by atoms with Gasteiger partial charge in [0.25, 0.3) is 0 Å². The van der Waals surface area contributed by atoms with Crippen molar-refractivity contribution in [2.75, 3.05) is 20.3 Å². The first-order valence-electron chi connectivity index (χ1n) is 12.7. The van der Waals surface area contributed by atoms with E-state index in [2.05, 4.69) is 0 Å². The van der Waals surface area contributed by atoms with Crippen molar-refractivity contribution in [3.05, 3.63) is 90.2 Å². The highest BCUT2D eigenvalue weighted by Gasteiger charge is 2.32. The average Bonchev–Trinajstić information content (AvgIpc) is 3.58. The standard InChI is InChI=1S/C29H30FN3O5S/c1-32-29(38-24-12-10-22(30)11-13-24)27(28(31-32)21-7-4-3-5-8-21)20-33(19-25-9-6-18-37-25)39(34,35)26-16-14-23(36-2)15-17-26/h3-5,7-8,10-17,25H,6,9,18-20H2,1-2H3. The highest BCUT2D eigenvalue weighted by Crippen LogP contribution is 2.36. The summed E-state index contributed by atoms with van der Waals surface area (Å²) in [6.45, 7) is 0.762. The monoisotopic (exact) mass is 551 g/mol. The van der Waals surface area contributed by atoms with Gasteiger partial charge in [-0.3, -0.25) is 0 Å². The van der Waals surface area contributed by atoms with E-state index in [0.29, 0.717) is 35.2 Å². The third-order valence-corrected chi connectivity index (χ3v) is 8.45.